The highest BCUT2D eigenvalue weighted by atomic mass is 16.6. The van der Waals surface area contributed by atoms with Gasteiger partial charge in [-0.3, -0.25) is 10.1 Å². The molecule has 9 heteroatoms. The van der Waals surface area contributed by atoms with Gasteiger partial charge in [-0.1, -0.05) is 5.16 Å². The van der Waals surface area contributed by atoms with Gasteiger partial charge in [-0.2, -0.15) is 10.2 Å². The molecule has 0 aliphatic carbocycles. The van der Waals surface area contributed by atoms with Crippen LogP contribution in [-0.2, 0) is 6.54 Å². The van der Waals surface area contributed by atoms with Gasteiger partial charge in [0.15, 0.2) is 5.82 Å². The summed E-state index contributed by atoms with van der Waals surface area (Å²) in [6, 6.07) is 2.97. The smallest absolute Gasteiger partial charge is 0.289 e. The van der Waals surface area contributed by atoms with E-state index < -0.39 is 4.92 Å². The molecule has 90 valence electrons. The molecule has 18 heavy (non-hydrogen) atoms. The highest BCUT2D eigenvalue weighted by Crippen LogP contribution is 2.18. The monoisotopic (exact) mass is 246 g/mol. The number of nitrogens with zero attached hydrogens (tertiary/aromatic N) is 5. The molecule has 0 unspecified atom stereocenters. The predicted octanol–water partition coefficient (Wildman–Crippen LogP) is 0.857. The molecule has 0 saturated heterocycles. The topological polar surface area (TPSA) is 131 Å². The van der Waals surface area contributed by atoms with Gasteiger partial charge in [0.2, 0.25) is 6.39 Å². The second-order valence-corrected chi connectivity index (χ2v) is 3.16. The fourth-order valence-corrected chi connectivity index (χ4v) is 1.21. The number of pyridine rings is 1. The van der Waals surface area contributed by atoms with Crippen LogP contribution in [-0.4, -0.2) is 20.0 Å². The van der Waals surface area contributed by atoms with Crippen LogP contribution in [0.5, 0.6) is 0 Å². The van der Waals surface area contributed by atoms with Crippen LogP contribution in [0.4, 0.5) is 11.5 Å². The predicted molar refractivity (Wildman–Crippen MR) is 57.2 cm³/mol. The second kappa shape index (κ2) is 4.88. The summed E-state index contributed by atoms with van der Waals surface area (Å²) in [7, 11) is 0. The molecule has 2 aromatic rings. The molecule has 0 atom stereocenters. The molecule has 0 radical (unpaired) electrons. The normalized spacial score (nSPS) is 9.72. The molecule has 9 nitrogen and oxygen atoms in total. The van der Waals surface area contributed by atoms with Crippen molar-refractivity contribution in [2.45, 2.75) is 6.54 Å². The zero-order chi connectivity index (χ0) is 13.0. The molecule has 1 N–H and O–H groups in total. The Balaban J connectivity index is 2.18. The first kappa shape index (κ1) is 11.5. The van der Waals surface area contributed by atoms with Crippen LogP contribution in [0, 0.1) is 21.4 Å². The summed E-state index contributed by atoms with van der Waals surface area (Å²) in [5.41, 5.74) is -0.163. The Morgan fingerprint density at radius 3 is 3.00 bits per heavy atom. The molecule has 0 aliphatic heterocycles. The summed E-state index contributed by atoms with van der Waals surface area (Å²) >= 11 is 0. The SMILES string of the molecule is N#Cc1cc([N+](=O)[O-])cnc1NCc1ncon1. The van der Waals surface area contributed by atoms with E-state index in [2.05, 4.69) is 25.0 Å². The number of anilines is 1. The van der Waals surface area contributed by atoms with Crippen LogP contribution >= 0.6 is 0 Å². The molecular formula is C9H6N6O3. The molecule has 0 spiro atoms. The zero-order valence-electron chi connectivity index (χ0n) is 8.90. The van der Waals surface area contributed by atoms with Crippen LogP contribution in [0.25, 0.3) is 0 Å². The van der Waals surface area contributed by atoms with Gasteiger partial charge < -0.3 is 9.84 Å². The first-order valence-corrected chi connectivity index (χ1v) is 4.74. The lowest BCUT2D eigenvalue weighted by Gasteiger charge is -2.03. The first-order valence-electron chi connectivity index (χ1n) is 4.74. The number of nitriles is 1. The number of rotatable bonds is 4. The van der Waals surface area contributed by atoms with Crippen molar-refractivity contribution in [1.29, 1.82) is 5.26 Å². The summed E-state index contributed by atoms with van der Waals surface area (Å²) in [6.45, 7) is 0.204. The molecule has 0 aromatic carbocycles. The van der Waals surface area contributed by atoms with Crippen molar-refractivity contribution in [2.75, 3.05) is 5.32 Å². The van der Waals surface area contributed by atoms with E-state index in [1.807, 2.05) is 6.07 Å². The summed E-state index contributed by atoms with van der Waals surface area (Å²) in [4.78, 5) is 17.5. The minimum Gasteiger partial charge on any atom is -0.362 e. The number of hydrogen-bond donors (Lipinski definition) is 1. The molecule has 0 aliphatic rings. The number of nitro groups is 1. The van der Waals surface area contributed by atoms with Gasteiger partial charge in [-0.25, -0.2) is 4.98 Å². The van der Waals surface area contributed by atoms with Crippen molar-refractivity contribution in [2.24, 2.45) is 0 Å². The van der Waals surface area contributed by atoms with Crippen molar-refractivity contribution in [3.8, 4) is 6.07 Å². The van der Waals surface area contributed by atoms with Gasteiger partial charge in [0.1, 0.15) is 23.6 Å². The highest BCUT2D eigenvalue weighted by Gasteiger charge is 2.12. The molecule has 2 heterocycles. The van der Waals surface area contributed by atoms with Crippen molar-refractivity contribution in [1.82, 2.24) is 15.1 Å². The second-order valence-electron chi connectivity index (χ2n) is 3.16. The standard InChI is InChI=1S/C9H6N6O3/c10-2-6-1-7(15(16)17)3-11-9(6)12-4-8-13-5-18-14-8/h1,3,5H,4H2,(H,11,12). The lowest BCUT2D eigenvalue weighted by molar-refractivity contribution is -0.385. The van der Waals surface area contributed by atoms with Gasteiger partial charge >= 0.3 is 0 Å². The van der Waals surface area contributed by atoms with E-state index in [0.717, 1.165) is 12.3 Å². The van der Waals surface area contributed by atoms with Crippen LogP contribution in [0.3, 0.4) is 0 Å². The van der Waals surface area contributed by atoms with E-state index in [1.165, 1.54) is 6.39 Å². The molecular weight excluding hydrogens is 240 g/mol. The Labute approximate surface area is 100 Å². The molecule has 0 fully saturated rings. The lowest BCUT2D eigenvalue weighted by atomic mass is 10.2. The van der Waals surface area contributed by atoms with Crippen LogP contribution in [0.15, 0.2) is 23.2 Å². The van der Waals surface area contributed by atoms with Crippen LogP contribution < -0.4 is 5.32 Å². The fraction of sp³-hybridized carbons (Fsp3) is 0.111. The Morgan fingerprint density at radius 1 is 1.56 bits per heavy atom. The van der Waals surface area contributed by atoms with E-state index >= 15 is 0 Å². The lowest BCUT2D eigenvalue weighted by Crippen LogP contribution is -2.05. The molecule has 0 bridgehead atoms. The molecule has 2 aromatic heterocycles. The molecule has 0 amide bonds. The van der Waals surface area contributed by atoms with E-state index in [4.69, 9.17) is 5.26 Å². The van der Waals surface area contributed by atoms with Gasteiger partial charge in [-0.05, 0) is 0 Å². The third kappa shape index (κ3) is 2.38. The van der Waals surface area contributed by atoms with Gasteiger partial charge in [0, 0.05) is 6.07 Å². The largest absolute Gasteiger partial charge is 0.362 e. The van der Waals surface area contributed by atoms with Crippen LogP contribution in [0.2, 0.25) is 0 Å². The minimum atomic E-state index is -0.614. The van der Waals surface area contributed by atoms with Gasteiger partial charge in [-0.15, -0.1) is 0 Å². The Bertz CT molecular complexity index is 603. The quantitative estimate of drug-likeness (QED) is 0.620. The maximum atomic E-state index is 10.5. The average molecular weight is 246 g/mol. The highest BCUT2D eigenvalue weighted by molar-refractivity contribution is 5.55. The molecule has 0 saturated carbocycles. The van der Waals surface area contributed by atoms with Crippen LogP contribution in [0.1, 0.15) is 11.4 Å². The Morgan fingerprint density at radius 2 is 2.39 bits per heavy atom. The number of nitrogens with one attached hydrogen (secondary N) is 1. The van der Waals surface area contributed by atoms with Crippen molar-refractivity contribution < 1.29 is 9.45 Å². The first-order chi connectivity index (χ1) is 8.70. The summed E-state index contributed by atoms with van der Waals surface area (Å²) in [5.74, 6) is 0.618. The van der Waals surface area contributed by atoms with E-state index in [-0.39, 0.29) is 23.6 Å². The van der Waals surface area contributed by atoms with E-state index in [1.54, 1.807) is 0 Å². The van der Waals surface area contributed by atoms with Crippen molar-refractivity contribution >= 4 is 11.5 Å². The average Bonchev–Trinajstić information content (AvgIpc) is 2.89. The van der Waals surface area contributed by atoms with E-state index in [0.29, 0.717) is 5.82 Å². The maximum Gasteiger partial charge on any atom is 0.289 e. The van der Waals surface area contributed by atoms with Crippen molar-refractivity contribution in [3.63, 3.8) is 0 Å². The van der Waals surface area contributed by atoms with Crippen molar-refractivity contribution in [3.05, 3.63) is 40.2 Å². The fourth-order valence-electron chi connectivity index (χ4n) is 1.21. The minimum absolute atomic E-state index is 0.0766. The number of aromatic nitrogens is 3. The maximum absolute atomic E-state index is 10.5. The summed E-state index contributed by atoms with van der Waals surface area (Å²) in [5, 5.41) is 25.8. The zero-order valence-corrected chi connectivity index (χ0v) is 8.90. The van der Waals surface area contributed by atoms with Gasteiger partial charge in [0.25, 0.3) is 5.69 Å². The Hall–Kier alpha value is -3.02. The summed E-state index contributed by atoms with van der Waals surface area (Å²) in [6.07, 6.45) is 2.24. The third-order valence-electron chi connectivity index (χ3n) is 2.03. The van der Waals surface area contributed by atoms with Gasteiger partial charge in [0.05, 0.1) is 11.5 Å². The molecule has 2 rings (SSSR count). The number of hydrogen-bond acceptors (Lipinski definition) is 8. The van der Waals surface area contributed by atoms with E-state index in [9.17, 15) is 10.1 Å². The Kier molecular flexibility index (Phi) is 3.11. The third-order valence-corrected chi connectivity index (χ3v) is 2.03. The summed E-state index contributed by atoms with van der Waals surface area (Å²) < 4.78 is 4.53.